The molecule has 5 rings (SSSR count). The smallest absolute Gasteiger partial charge is 0.310 e. The van der Waals surface area contributed by atoms with Gasteiger partial charge in [0.25, 0.3) is 0 Å². The molecule has 1 fully saturated rings. The van der Waals surface area contributed by atoms with Gasteiger partial charge in [0.15, 0.2) is 5.58 Å². The van der Waals surface area contributed by atoms with Gasteiger partial charge in [-0.25, -0.2) is 4.98 Å². The van der Waals surface area contributed by atoms with Crippen molar-refractivity contribution in [3.05, 3.63) is 51.0 Å². The van der Waals surface area contributed by atoms with Gasteiger partial charge in [-0.3, -0.25) is 9.69 Å². The number of methoxy groups -OCH3 is 1. The number of hydrogen-bond donors (Lipinski definition) is 0. The second kappa shape index (κ2) is 7.77. The molecule has 1 unspecified atom stereocenters. The first-order valence-corrected chi connectivity index (χ1v) is 11.2. The molecular formula is C24H22BrN3O3. The van der Waals surface area contributed by atoms with Crippen molar-refractivity contribution in [3.8, 4) is 17.5 Å². The molecule has 3 aromatic rings. The highest BCUT2D eigenvalue weighted by atomic mass is 79.9. The summed E-state index contributed by atoms with van der Waals surface area (Å²) in [6, 6.07) is 10.6. The molecule has 2 aromatic carbocycles. The summed E-state index contributed by atoms with van der Waals surface area (Å²) in [7, 11) is 1.45. The van der Waals surface area contributed by atoms with E-state index in [1.165, 1.54) is 7.11 Å². The van der Waals surface area contributed by atoms with Gasteiger partial charge >= 0.3 is 5.97 Å². The number of benzene rings is 2. The zero-order valence-corrected chi connectivity index (χ0v) is 19.0. The van der Waals surface area contributed by atoms with E-state index < -0.39 is 0 Å². The van der Waals surface area contributed by atoms with Crippen LogP contribution in [0.4, 0.5) is 0 Å². The van der Waals surface area contributed by atoms with E-state index in [2.05, 4.69) is 33.0 Å². The molecule has 1 saturated heterocycles. The normalized spacial score (nSPS) is 20.7. The van der Waals surface area contributed by atoms with Crippen LogP contribution in [0, 0.1) is 24.2 Å². The third kappa shape index (κ3) is 3.26. The molecule has 2 atom stereocenters. The largest absolute Gasteiger partial charge is 0.469 e. The lowest BCUT2D eigenvalue weighted by Crippen LogP contribution is -2.27. The van der Waals surface area contributed by atoms with E-state index in [0.717, 1.165) is 52.5 Å². The third-order valence-electron chi connectivity index (χ3n) is 6.65. The maximum Gasteiger partial charge on any atom is 0.310 e. The molecule has 1 aromatic heterocycles. The van der Waals surface area contributed by atoms with Crippen LogP contribution in [0.3, 0.4) is 0 Å². The SMILES string of the molecule is COC(=O)[C@@H]1CCN(C2CCc3c2cc2nc(-c4cccc(Br)c4C)oc2c3C#N)C1. The number of nitriles is 1. The summed E-state index contributed by atoms with van der Waals surface area (Å²) in [4.78, 5) is 19.1. The predicted octanol–water partition coefficient (Wildman–Crippen LogP) is 4.92. The van der Waals surface area contributed by atoms with Crippen LogP contribution in [0.5, 0.6) is 0 Å². The van der Waals surface area contributed by atoms with Crippen LogP contribution in [-0.4, -0.2) is 36.1 Å². The average Bonchev–Trinajstić information content (AvgIpc) is 3.51. The number of esters is 1. The van der Waals surface area contributed by atoms with E-state index in [4.69, 9.17) is 14.1 Å². The Hall–Kier alpha value is -2.69. The van der Waals surface area contributed by atoms with Crippen molar-refractivity contribution < 1.29 is 13.9 Å². The minimum absolute atomic E-state index is 0.0774. The summed E-state index contributed by atoms with van der Waals surface area (Å²) in [6.45, 7) is 3.56. The van der Waals surface area contributed by atoms with Crippen LogP contribution in [0.1, 0.15) is 41.1 Å². The Labute approximate surface area is 188 Å². The van der Waals surface area contributed by atoms with Crippen LogP contribution in [0.2, 0.25) is 0 Å². The number of oxazole rings is 1. The minimum atomic E-state index is -0.139. The van der Waals surface area contributed by atoms with E-state index in [9.17, 15) is 10.1 Å². The van der Waals surface area contributed by atoms with Crippen LogP contribution >= 0.6 is 15.9 Å². The first-order chi connectivity index (χ1) is 15.0. The fourth-order valence-corrected chi connectivity index (χ4v) is 5.38. The molecule has 6 nitrogen and oxygen atoms in total. The van der Waals surface area contributed by atoms with Crippen LogP contribution < -0.4 is 0 Å². The molecule has 31 heavy (non-hydrogen) atoms. The van der Waals surface area contributed by atoms with E-state index in [1.807, 2.05) is 25.1 Å². The molecule has 2 heterocycles. The number of rotatable bonds is 3. The lowest BCUT2D eigenvalue weighted by atomic mass is 10.0. The molecule has 0 amide bonds. The molecule has 0 radical (unpaired) electrons. The Kier molecular flexibility index (Phi) is 5.07. The van der Waals surface area contributed by atoms with E-state index in [1.54, 1.807) is 0 Å². The molecule has 0 N–H and O–H groups in total. The summed E-state index contributed by atoms with van der Waals surface area (Å²) in [5.41, 5.74) is 6.00. The Bertz CT molecular complexity index is 1240. The summed E-state index contributed by atoms with van der Waals surface area (Å²) in [5.74, 6) is 0.309. The van der Waals surface area contributed by atoms with Crippen LogP contribution in [0.25, 0.3) is 22.6 Å². The number of halogens is 1. The molecule has 2 aliphatic rings. The number of carbonyl (C=O) groups excluding carboxylic acids is 1. The predicted molar refractivity (Wildman–Crippen MR) is 119 cm³/mol. The molecule has 7 heteroatoms. The van der Waals surface area contributed by atoms with Crippen molar-refractivity contribution in [2.45, 2.75) is 32.2 Å². The fraction of sp³-hybridized carbons (Fsp3) is 0.375. The van der Waals surface area contributed by atoms with Gasteiger partial charge in [-0.2, -0.15) is 5.26 Å². The van der Waals surface area contributed by atoms with E-state index in [0.29, 0.717) is 29.1 Å². The zero-order valence-electron chi connectivity index (χ0n) is 17.4. The van der Waals surface area contributed by atoms with E-state index >= 15 is 0 Å². The topological polar surface area (TPSA) is 79.4 Å². The van der Waals surface area contributed by atoms with Crippen molar-refractivity contribution in [1.29, 1.82) is 5.26 Å². The summed E-state index contributed by atoms with van der Waals surface area (Å²) < 4.78 is 12.1. The summed E-state index contributed by atoms with van der Waals surface area (Å²) in [6.07, 6.45) is 2.56. The molecule has 158 valence electrons. The average molecular weight is 480 g/mol. The first-order valence-electron chi connectivity index (χ1n) is 10.5. The standard InChI is InChI=1S/C24H22BrN3O3/c1-13-15(4-3-5-19(13)25)23-27-20-10-17-16(18(11-26)22(20)31-23)6-7-21(17)28-9-8-14(12-28)24(29)30-2/h3-5,10,14,21H,6-9,12H2,1-2H3/t14-,21?/m1/s1. The van der Waals surface area contributed by atoms with Gasteiger partial charge in [-0.15, -0.1) is 0 Å². The Balaban J connectivity index is 1.56. The number of aromatic nitrogens is 1. The van der Waals surface area contributed by atoms with Gasteiger partial charge in [0.1, 0.15) is 17.1 Å². The third-order valence-corrected chi connectivity index (χ3v) is 7.51. The molecule has 0 saturated carbocycles. The number of carbonyl (C=O) groups is 1. The first kappa shape index (κ1) is 20.2. The van der Waals surface area contributed by atoms with Crippen molar-refractivity contribution in [2.24, 2.45) is 5.92 Å². The van der Waals surface area contributed by atoms with Gasteiger partial charge in [0, 0.05) is 22.6 Å². The Morgan fingerprint density at radius 1 is 1.39 bits per heavy atom. The number of nitrogens with zero attached hydrogens (tertiary/aromatic N) is 3. The highest BCUT2D eigenvalue weighted by Gasteiger charge is 2.38. The highest BCUT2D eigenvalue weighted by molar-refractivity contribution is 9.10. The van der Waals surface area contributed by atoms with Crippen molar-refractivity contribution in [3.63, 3.8) is 0 Å². The minimum Gasteiger partial charge on any atom is -0.469 e. The Morgan fingerprint density at radius 3 is 3.00 bits per heavy atom. The molecule has 1 aliphatic heterocycles. The molecular weight excluding hydrogens is 458 g/mol. The summed E-state index contributed by atoms with van der Waals surface area (Å²) in [5, 5.41) is 9.96. The number of likely N-dealkylation sites (tertiary alicyclic amines) is 1. The quantitative estimate of drug-likeness (QED) is 0.496. The number of ether oxygens (including phenoxy) is 1. The maximum absolute atomic E-state index is 12.0. The molecule has 0 spiro atoms. The second-order valence-corrected chi connectivity index (χ2v) is 9.12. The van der Waals surface area contributed by atoms with Crippen LogP contribution in [-0.2, 0) is 16.0 Å². The lowest BCUT2D eigenvalue weighted by molar-refractivity contribution is -0.145. The maximum atomic E-state index is 12.0. The van der Waals surface area contributed by atoms with Crippen molar-refractivity contribution in [2.75, 3.05) is 20.2 Å². The van der Waals surface area contributed by atoms with Gasteiger partial charge in [0.05, 0.1) is 13.0 Å². The highest BCUT2D eigenvalue weighted by Crippen LogP contribution is 2.43. The van der Waals surface area contributed by atoms with Gasteiger partial charge < -0.3 is 9.15 Å². The number of fused-ring (bicyclic) bond motifs is 2. The monoisotopic (exact) mass is 479 g/mol. The van der Waals surface area contributed by atoms with Gasteiger partial charge in [0.2, 0.25) is 5.89 Å². The molecule has 0 bridgehead atoms. The summed E-state index contributed by atoms with van der Waals surface area (Å²) >= 11 is 3.56. The Morgan fingerprint density at radius 2 is 2.23 bits per heavy atom. The molecule has 1 aliphatic carbocycles. The van der Waals surface area contributed by atoms with Crippen LogP contribution in [0.15, 0.2) is 33.2 Å². The number of hydrogen-bond acceptors (Lipinski definition) is 6. The van der Waals surface area contributed by atoms with E-state index in [-0.39, 0.29) is 17.9 Å². The van der Waals surface area contributed by atoms with Crippen molar-refractivity contribution in [1.82, 2.24) is 9.88 Å². The lowest BCUT2D eigenvalue weighted by Gasteiger charge is -2.24. The van der Waals surface area contributed by atoms with Gasteiger partial charge in [-0.05, 0) is 67.6 Å². The fourth-order valence-electron chi connectivity index (χ4n) is 5.01. The second-order valence-electron chi connectivity index (χ2n) is 8.27. The van der Waals surface area contributed by atoms with Gasteiger partial charge in [-0.1, -0.05) is 22.0 Å². The zero-order chi connectivity index (χ0) is 21.7. The van der Waals surface area contributed by atoms with Crippen molar-refractivity contribution >= 4 is 33.0 Å².